The highest BCUT2D eigenvalue weighted by atomic mass is 32.1. The topological polar surface area (TPSA) is 83.1 Å². The Morgan fingerprint density at radius 2 is 1.79 bits per heavy atom. The van der Waals surface area contributed by atoms with Gasteiger partial charge >= 0.3 is 0 Å². The van der Waals surface area contributed by atoms with Gasteiger partial charge in [-0.1, -0.05) is 18.2 Å². The minimum atomic E-state index is -0.385. The number of piperazine rings is 1. The second kappa shape index (κ2) is 12.3. The van der Waals surface area contributed by atoms with Gasteiger partial charge in [-0.2, -0.15) is 0 Å². The maximum Gasteiger partial charge on any atom is 0.261 e. The Morgan fingerprint density at radius 3 is 2.55 bits per heavy atom. The van der Waals surface area contributed by atoms with E-state index in [-0.39, 0.29) is 16.9 Å². The minimum Gasteiger partial charge on any atom is -0.490 e. The second-order valence-electron chi connectivity index (χ2n) is 7.63. The molecule has 0 saturated carbocycles. The monoisotopic (exact) mass is 470 g/mol. The fourth-order valence-corrected chi connectivity index (χ4v) is 3.60. The third-order valence-electron chi connectivity index (χ3n) is 5.21. The second-order valence-corrected chi connectivity index (χ2v) is 8.03. The average molecular weight is 471 g/mol. The molecule has 1 fully saturated rings. The number of anilines is 1. The van der Waals surface area contributed by atoms with Crippen molar-refractivity contribution in [2.45, 2.75) is 6.92 Å². The van der Waals surface area contributed by atoms with Gasteiger partial charge in [-0.25, -0.2) is 0 Å². The van der Waals surface area contributed by atoms with Crippen molar-refractivity contribution in [1.82, 2.24) is 15.1 Å². The molecule has 176 valence electrons. The maximum atomic E-state index is 12.8. The summed E-state index contributed by atoms with van der Waals surface area (Å²) in [4.78, 5) is 29.6. The molecule has 2 N–H and O–H groups in total. The fraction of sp³-hybridized carbons (Fsp3) is 0.375. The lowest BCUT2D eigenvalue weighted by molar-refractivity contribution is 0.0664. The summed E-state index contributed by atoms with van der Waals surface area (Å²) in [5, 5.41) is 5.79. The third-order valence-corrected chi connectivity index (χ3v) is 5.41. The van der Waals surface area contributed by atoms with Gasteiger partial charge in [0, 0.05) is 44.0 Å². The first kappa shape index (κ1) is 24.6. The zero-order valence-corrected chi connectivity index (χ0v) is 19.8. The van der Waals surface area contributed by atoms with E-state index in [1.54, 1.807) is 48.5 Å². The Morgan fingerprint density at radius 1 is 1.03 bits per heavy atom. The minimum absolute atomic E-state index is 0.0140. The molecule has 1 aliphatic rings. The molecule has 0 atom stereocenters. The summed E-state index contributed by atoms with van der Waals surface area (Å²) in [5.74, 6) is 0.0567. The first-order valence-corrected chi connectivity index (χ1v) is 11.4. The van der Waals surface area contributed by atoms with Crippen LogP contribution >= 0.6 is 12.2 Å². The predicted octanol–water partition coefficient (Wildman–Crippen LogP) is 2.62. The van der Waals surface area contributed by atoms with Crippen molar-refractivity contribution >= 4 is 34.8 Å². The van der Waals surface area contributed by atoms with Crippen LogP contribution in [-0.2, 0) is 4.74 Å². The van der Waals surface area contributed by atoms with E-state index >= 15 is 0 Å². The summed E-state index contributed by atoms with van der Waals surface area (Å²) >= 11 is 5.32. The number of benzene rings is 2. The van der Waals surface area contributed by atoms with Crippen LogP contribution < -0.4 is 15.4 Å². The van der Waals surface area contributed by atoms with Crippen molar-refractivity contribution < 1.29 is 19.1 Å². The van der Waals surface area contributed by atoms with Gasteiger partial charge in [0.05, 0.1) is 12.2 Å². The van der Waals surface area contributed by atoms with Gasteiger partial charge < -0.3 is 24.6 Å². The molecule has 0 aliphatic carbocycles. The van der Waals surface area contributed by atoms with Gasteiger partial charge in [0.1, 0.15) is 12.4 Å². The number of nitrogens with one attached hydrogen (secondary N) is 2. The Bertz CT molecular complexity index is 976. The molecule has 1 heterocycles. The van der Waals surface area contributed by atoms with Crippen molar-refractivity contribution in [2.24, 2.45) is 0 Å². The Labute approximate surface area is 199 Å². The molecule has 0 unspecified atom stereocenters. The lowest BCUT2D eigenvalue weighted by Crippen LogP contribution is -2.47. The SMILES string of the molecule is CCOCCOc1ccccc1C(=O)NC(=S)Nc1cccc(C(=O)N2CCN(C)CC2)c1. The first-order chi connectivity index (χ1) is 16.0. The molecule has 2 amide bonds. The standard InChI is InChI=1S/C24H30N4O4S/c1-3-31-15-16-32-21-10-5-4-9-20(21)22(29)26-24(33)25-19-8-6-7-18(17-19)23(30)28-13-11-27(2)12-14-28/h4-10,17H,3,11-16H2,1-2H3,(H2,25,26,29,33). The van der Waals surface area contributed by atoms with Gasteiger partial charge in [-0.15, -0.1) is 0 Å². The fourth-order valence-electron chi connectivity index (χ4n) is 3.39. The summed E-state index contributed by atoms with van der Waals surface area (Å²) in [5.41, 5.74) is 1.57. The zero-order chi connectivity index (χ0) is 23.6. The number of nitrogens with zero attached hydrogens (tertiary/aromatic N) is 2. The summed E-state index contributed by atoms with van der Waals surface area (Å²) in [6.45, 7) is 6.42. The van der Waals surface area contributed by atoms with Gasteiger partial charge in [0.15, 0.2) is 5.11 Å². The van der Waals surface area contributed by atoms with Crippen LogP contribution in [0.3, 0.4) is 0 Å². The first-order valence-electron chi connectivity index (χ1n) is 11.0. The van der Waals surface area contributed by atoms with Gasteiger partial charge in [0.25, 0.3) is 11.8 Å². The van der Waals surface area contributed by atoms with Gasteiger partial charge in [-0.3, -0.25) is 14.9 Å². The molecule has 0 spiro atoms. The van der Waals surface area contributed by atoms with E-state index in [0.717, 1.165) is 13.1 Å². The largest absolute Gasteiger partial charge is 0.490 e. The van der Waals surface area contributed by atoms with Crippen LogP contribution in [0.25, 0.3) is 0 Å². The van der Waals surface area contributed by atoms with E-state index in [2.05, 4.69) is 15.5 Å². The van der Waals surface area contributed by atoms with Crippen LogP contribution in [0.1, 0.15) is 27.6 Å². The number of para-hydroxylation sites is 1. The number of ether oxygens (including phenoxy) is 2. The van der Waals surface area contributed by atoms with Crippen molar-refractivity contribution in [3.05, 3.63) is 59.7 Å². The smallest absolute Gasteiger partial charge is 0.261 e. The third kappa shape index (κ3) is 7.24. The molecule has 3 rings (SSSR count). The number of carbonyl (C=O) groups is 2. The van der Waals surface area contributed by atoms with Crippen LogP contribution in [0.2, 0.25) is 0 Å². The van der Waals surface area contributed by atoms with Gasteiger partial charge in [0.2, 0.25) is 0 Å². The van der Waals surface area contributed by atoms with E-state index in [9.17, 15) is 9.59 Å². The van der Waals surface area contributed by atoms with Crippen LogP contribution in [-0.4, -0.2) is 79.8 Å². The maximum absolute atomic E-state index is 12.8. The number of likely N-dealkylation sites (N-methyl/N-ethyl adjacent to an activating group) is 1. The van der Waals surface area contributed by atoms with Crippen molar-refractivity contribution in [3.8, 4) is 5.75 Å². The average Bonchev–Trinajstić information content (AvgIpc) is 2.82. The summed E-state index contributed by atoms with van der Waals surface area (Å²) in [6.07, 6.45) is 0. The molecule has 0 aromatic heterocycles. The lowest BCUT2D eigenvalue weighted by Gasteiger charge is -2.32. The number of amides is 2. The van der Waals surface area contributed by atoms with E-state index in [1.807, 2.05) is 18.9 Å². The van der Waals surface area contributed by atoms with Crippen molar-refractivity contribution in [1.29, 1.82) is 0 Å². The number of hydrogen-bond acceptors (Lipinski definition) is 6. The van der Waals surface area contributed by atoms with Crippen LogP contribution in [0.4, 0.5) is 5.69 Å². The molecular formula is C24H30N4O4S. The Hall–Kier alpha value is -3.01. The Kier molecular flexibility index (Phi) is 9.17. The molecule has 9 heteroatoms. The van der Waals surface area contributed by atoms with Crippen LogP contribution in [0, 0.1) is 0 Å². The summed E-state index contributed by atoms with van der Waals surface area (Å²) in [6, 6.07) is 14.1. The molecule has 2 aromatic carbocycles. The molecule has 33 heavy (non-hydrogen) atoms. The molecule has 1 aliphatic heterocycles. The van der Waals surface area contributed by atoms with Crippen molar-refractivity contribution in [3.63, 3.8) is 0 Å². The van der Waals surface area contributed by atoms with E-state index in [4.69, 9.17) is 21.7 Å². The van der Waals surface area contributed by atoms with Crippen LogP contribution in [0.15, 0.2) is 48.5 Å². The summed E-state index contributed by atoms with van der Waals surface area (Å²) in [7, 11) is 2.05. The zero-order valence-electron chi connectivity index (χ0n) is 19.0. The van der Waals surface area contributed by atoms with Crippen LogP contribution in [0.5, 0.6) is 5.75 Å². The number of rotatable bonds is 8. The highest BCUT2D eigenvalue weighted by Gasteiger charge is 2.20. The predicted molar refractivity (Wildman–Crippen MR) is 132 cm³/mol. The molecule has 0 bridgehead atoms. The molecule has 8 nitrogen and oxygen atoms in total. The Balaban J connectivity index is 1.58. The molecule has 1 saturated heterocycles. The van der Waals surface area contributed by atoms with E-state index in [1.165, 1.54) is 0 Å². The lowest BCUT2D eigenvalue weighted by atomic mass is 10.1. The highest BCUT2D eigenvalue weighted by Crippen LogP contribution is 2.18. The van der Waals surface area contributed by atoms with E-state index < -0.39 is 0 Å². The molecular weight excluding hydrogens is 440 g/mol. The highest BCUT2D eigenvalue weighted by molar-refractivity contribution is 7.80. The quantitative estimate of drug-likeness (QED) is 0.453. The molecule has 0 radical (unpaired) electrons. The van der Waals surface area contributed by atoms with Gasteiger partial charge in [-0.05, 0) is 56.5 Å². The number of thiocarbonyl (C=S) groups is 1. The number of carbonyl (C=O) groups excluding carboxylic acids is 2. The van der Waals surface area contributed by atoms with Crippen molar-refractivity contribution in [2.75, 3.05) is 58.4 Å². The van der Waals surface area contributed by atoms with E-state index in [0.29, 0.717) is 55.5 Å². The normalized spacial score (nSPS) is 13.9. The number of hydrogen-bond donors (Lipinski definition) is 2. The molecule has 2 aromatic rings. The summed E-state index contributed by atoms with van der Waals surface area (Å²) < 4.78 is 10.9.